The van der Waals surface area contributed by atoms with E-state index < -0.39 is 0 Å². The highest BCUT2D eigenvalue weighted by Crippen LogP contribution is 2.28. The fraction of sp³-hybridized carbons (Fsp3) is 0.167. The number of rotatable bonds is 2. The van der Waals surface area contributed by atoms with E-state index in [4.69, 9.17) is 4.98 Å². The van der Waals surface area contributed by atoms with Crippen molar-refractivity contribution in [2.24, 2.45) is 0 Å². The van der Waals surface area contributed by atoms with Gasteiger partial charge in [0.25, 0.3) is 0 Å². The number of benzene rings is 2. The molecule has 19 heavy (non-hydrogen) atoms. The van der Waals surface area contributed by atoms with Gasteiger partial charge in [-0.15, -0.1) is 0 Å². The van der Waals surface area contributed by atoms with Crippen molar-refractivity contribution in [2.75, 3.05) is 0 Å². The van der Waals surface area contributed by atoms with Crippen LogP contribution in [-0.4, -0.2) is 4.98 Å². The van der Waals surface area contributed by atoms with Crippen LogP contribution in [0, 0.1) is 0 Å². The Kier molecular flexibility index (Phi) is 3.04. The predicted molar refractivity (Wildman–Crippen MR) is 81.3 cm³/mol. The van der Waals surface area contributed by atoms with Crippen LogP contribution in [0.5, 0.6) is 0 Å². The molecule has 0 N–H and O–H groups in total. The molecule has 0 bridgehead atoms. The molecule has 1 nitrogen and oxygen atoms in total. The first-order valence-corrected chi connectivity index (χ1v) is 6.71. The Morgan fingerprint density at radius 3 is 2.26 bits per heavy atom. The molecule has 0 spiro atoms. The van der Waals surface area contributed by atoms with Crippen LogP contribution in [0.25, 0.3) is 22.0 Å². The second kappa shape index (κ2) is 4.85. The summed E-state index contributed by atoms with van der Waals surface area (Å²) in [7, 11) is 0. The van der Waals surface area contributed by atoms with Gasteiger partial charge in [0.2, 0.25) is 0 Å². The van der Waals surface area contributed by atoms with Gasteiger partial charge in [0.1, 0.15) is 0 Å². The van der Waals surface area contributed by atoms with Crippen molar-refractivity contribution in [3.05, 3.63) is 66.4 Å². The van der Waals surface area contributed by atoms with Gasteiger partial charge in [-0.3, -0.25) is 4.98 Å². The van der Waals surface area contributed by atoms with Crippen molar-refractivity contribution in [1.82, 2.24) is 4.98 Å². The standard InChI is InChI=1S/C18H17N/c1-13(2)18-16-11-7-6-10-15(16)12-17(19-18)14-8-4-3-5-9-14/h3-13H,1-2H3. The van der Waals surface area contributed by atoms with E-state index in [-0.39, 0.29) is 0 Å². The summed E-state index contributed by atoms with van der Waals surface area (Å²) in [4.78, 5) is 4.87. The maximum absolute atomic E-state index is 4.87. The highest BCUT2D eigenvalue weighted by atomic mass is 14.7. The van der Waals surface area contributed by atoms with Gasteiger partial charge in [0, 0.05) is 10.9 Å². The van der Waals surface area contributed by atoms with Crippen LogP contribution in [0.1, 0.15) is 25.5 Å². The Morgan fingerprint density at radius 1 is 0.842 bits per heavy atom. The van der Waals surface area contributed by atoms with Crippen molar-refractivity contribution < 1.29 is 0 Å². The van der Waals surface area contributed by atoms with Crippen molar-refractivity contribution in [1.29, 1.82) is 0 Å². The normalized spacial score (nSPS) is 11.1. The molecule has 0 atom stereocenters. The maximum atomic E-state index is 4.87. The smallest absolute Gasteiger partial charge is 0.0711 e. The minimum absolute atomic E-state index is 0.425. The number of aromatic nitrogens is 1. The van der Waals surface area contributed by atoms with Crippen molar-refractivity contribution in [3.8, 4) is 11.3 Å². The predicted octanol–water partition coefficient (Wildman–Crippen LogP) is 5.03. The number of hydrogen-bond acceptors (Lipinski definition) is 1. The van der Waals surface area contributed by atoms with E-state index in [0.29, 0.717) is 5.92 Å². The number of fused-ring (bicyclic) bond motifs is 1. The third-order valence-electron chi connectivity index (χ3n) is 3.39. The molecular formula is C18H17N. The molecule has 1 aromatic heterocycles. The van der Waals surface area contributed by atoms with Gasteiger partial charge in [0.15, 0.2) is 0 Å². The first-order chi connectivity index (χ1) is 9.25. The van der Waals surface area contributed by atoms with Crippen LogP contribution in [0.15, 0.2) is 60.7 Å². The fourth-order valence-corrected chi connectivity index (χ4v) is 2.42. The summed E-state index contributed by atoms with van der Waals surface area (Å²) in [5, 5.41) is 2.53. The Labute approximate surface area is 113 Å². The molecule has 94 valence electrons. The lowest BCUT2D eigenvalue weighted by Crippen LogP contribution is -1.96. The van der Waals surface area contributed by atoms with E-state index >= 15 is 0 Å². The maximum Gasteiger partial charge on any atom is 0.0711 e. The molecule has 3 rings (SSSR count). The van der Waals surface area contributed by atoms with Gasteiger partial charge >= 0.3 is 0 Å². The molecule has 0 saturated heterocycles. The first-order valence-electron chi connectivity index (χ1n) is 6.71. The summed E-state index contributed by atoms with van der Waals surface area (Å²) in [5.74, 6) is 0.425. The van der Waals surface area contributed by atoms with Crippen LogP contribution in [0.3, 0.4) is 0 Å². The second-order valence-corrected chi connectivity index (χ2v) is 5.13. The zero-order valence-corrected chi connectivity index (χ0v) is 11.3. The van der Waals surface area contributed by atoms with E-state index in [0.717, 1.165) is 5.69 Å². The highest BCUT2D eigenvalue weighted by molar-refractivity contribution is 5.88. The van der Waals surface area contributed by atoms with E-state index in [1.807, 2.05) is 6.07 Å². The van der Waals surface area contributed by atoms with E-state index in [9.17, 15) is 0 Å². The lowest BCUT2D eigenvalue weighted by Gasteiger charge is -2.12. The van der Waals surface area contributed by atoms with Crippen LogP contribution in [0.2, 0.25) is 0 Å². The zero-order chi connectivity index (χ0) is 13.2. The molecule has 0 saturated carbocycles. The topological polar surface area (TPSA) is 12.9 Å². The third kappa shape index (κ3) is 2.24. The van der Waals surface area contributed by atoms with Crippen LogP contribution < -0.4 is 0 Å². The Hall–Kier alpha value is -2.15. The number of hydrogen-bond donors (Lipinski definition) is 0. The van der Waals surface area contributed by atoms with Gasteiger partial charge in [-0.2, -0.15) is 0 Å². The van der Waals surface area contributed by atoms with Crippen molar-refractivity contribution in [3.63, 3.8) is 0 Å². The molecule has 0 aliphatic carbocycles. The van der Waals surface area contributed by atoms with Crippen LogP contribution >= 0.6 is 0 Å². The molecule has 2 aromatic carbocycles. The molecule has 1 heterocycles. The molecule has 0 aliphatic rings. The Morgan fingerprint density at radius 2 is 1.53 bits per heavy atom. The minimum atomic E-state index is 0.425. The SMILES string of the molecule is CC(C)c1nc(-c2ccccc2)cc2ccccc12. The van der Waals surface area contributed by atoms with Gasteiger partial charge in [0.05, 0.1) is 11.4 Å². The lowest BCUT2D eigenvalue weighted by atomic mass is 9.99. The monoisotopic (exact) mass is 247 g/mol. The largest absolute Gasteiger partial charge is 0.252 e. The molecule has 0 unspecified atom stereocenters. The van der Waals surface area contributed by atoms with Crippen LogP contribution in [0.4, 0.5) is 0 Å². The van der Waals surface area contributed by atoms with Gasteiger partial charge in [-0.1, -0.05) is 68.4 Å². The zero-order valence-electron chi connectivity index (χ0n) is 11.3. The third-order valence-corrected chi connectivity index (χ3v) is 3.39. The van der Waals surface area contributed by atoms with Crippen molar-refractivity contribution in [2.45, 2.75) is 19.8 Å². The molecule has 0 amide bonds. The second-order valence-electron chi connectivity index (χ2n) is 5.13. The number of nitrogens with zero attached hydrogens (tertiary/aromatic N) is 1. The molecule has 0 radical (unpaired) electrons. The average molecular weight is 247 g/mol. The summed E-state index contributed by atoms with van der Waals surface area (Å²) >= 11 is 0. The van der Waals surface area contributed by atoms with Crippen LogP contribution in [-0.2, 0) is 0 Å². The molecule has 1 heteroatoms. The molecule has 0 aliphatic heterocycles. The quantitative estimate of drug-likeness (QED) is 0.619. The van der Waals surface area contributed by atoms with E-state index in [1.165, 1.54) is 22.0 Å². The van der Waals surface area contributed by atoms with Crippen molar-refractivity contribution >= 4 is 10.8 Å². The van der Waals surface area contributed by atoms with E-state index in [2.05, 4.69) is 68.4 Å². The first kappa shape index (κ1) is 11.9. The fourth-order valence-electron chi connectivity index (χ4n) is 2.42. The van der Waals surface area contributed by atoms with Gasteiger partial charge < -0.3 is 0 Å². The van der Waals surface area contributed by atoms with E-state index in [1.54, 1.807) is 0 Å². The summed E-state index contributed by atoms with van der Waals surface area (Å²) in [6.07, 6.45) is 0. The molecule has 0 fully saturated rings. The Bertz CT molecular complexity index is 699. The average Bonchev–Trinajstić information content (AvgIpc) is 2.47. The van der Waals surface area contributed by atoms with Gasteiger partial charge in [-0.05, 0) is 17.4 Å². The Balaban J connectivity index is 2.28. The summed E-state index contributed by atoms with van der Waals surface area (Å²) in [6, 6.07) is 21.0. The molecule has 3 aromatic rings. The lowest BCUT2D eigenvalue weighted by molar-refractivity contribution is 0.836. The summed E-state index contributed by atoms with van der Waals surface area (Å²) < 4.78 is 0. The minimum Gasteiger partial charge on any atom is -0.252 e. The summed E-state index contributed by atoms with van der Waals surface area (Å²) in [6.45, 7) is 4.40. The van der Waals surface area contributed by atoms with Gasteiger partial charge in [-0.25, -0.2) is 0 Å². The number of pyridine rings is 1. The molecular weight excluding hydrogens is 230 g/mol. The highest BCUT2D eigenvalue weighted by Gasteiger charge is 2.09. The summed E-state index contributed by atoms with van der Waals surface area (Å²) in [5.41, 5.74) is 3.41.